The van der Waals surface area contributed by atoms with Gasteiger partial charge in [0.05, 0.1) is 43.1 Å². The van der Waals surface area contributed by atoms with Crippen molar-refractivity contribution in [1.29, 1.82) is 0 Å². The highest BCUT2D eigenvalue weighted by molar-refractivity contribution is 5.68. The summed E-state index contributed by atoms with van der Waals surface area (Å²) in [5, 5.41) is 58.9. The number of carbonyl (C=O) groups is 2. The summed E-state index contributed by atoms with van der Waals surface area (Å²) in [4.78, 5) is 25.6. The smallest absolute Gasteiger partial charge is 0.408 e. The topological polar surface area (TPSA) is 215 Å². The van der Waals surface area contributed by atoms with E-state index >= 15 is 0 Å². The maximum Gasteiger partial charge on any atom is 0.408 e. The molecule has 2 amide bonds. The van der Waals surface area contributed by atoms with E-state index in [4.69, 9.17) is 28.4 Å². The average molecular weight is 665 g/mol. The molecule has 0 radical (unpaired) electrons. The Morgan fingerprint density at radius 1 is 0.739 bits per heavy atom. The fourth-order valence-corrected chi connectivity index (χ4v) is 6.08. The molecule has 15 nitrogen and oxygen atoms in total. The molecule has 3 rings (SSSR count). The van der Waals surface area contributed by atoms with Crippen LogP contribution in [0.3, 0.4) is 0 Å². The fourth-order valence-electron chi connectivity index (χ4n) is 6.08. The van der Waals surface area contributed by atoms with Crippen LogP contribution in [0.2, 0.25) is 0 Å². The third kappa shape index (κ3) is 10.1. The number of aliphatic hydroxyl groups is 5. The molecule has 3 aliphatic rings. The summed E-state index contributed by atoms with van der Waals surface area (Å²) >= 11 is 0. The minimum Gasteiger partial charge on any atom is -0.444 e. The van der Waals surface area contributed by atoms with Crippen molar-refractivity contribution in [3.8, 4) is 0 Å². The molecule has 268 valence electrons. The van der Waals surface area contributed by atoms with Crippen molar-refractivity contribution >= 4 is 12.2 Å². The van der Waals surface area contributed by atoms with Crippen LogP contribution in [0.5, 0.6) is 0 Å². The Balaban J connectivity index is 1.90. The van der Waals surface area contributed by atoms with Crippen LogP contribution in [0.15, 0.2) is 0 Å². The lowest BCUT2D eigenvalue weighted by atomic mass is 9.80. The van der Waals surface area contributed by atoms with Gasteiger partial charge in [0.15, 0.2) is 12.6 Å². The summed E-state index contributed by atoms with van der Waals surface area (Å²) in [6, 6.07) is -1.71. The highest BCUT2D eigenvalue weighted by atomic mass is 16.7. The molecule has 3 fully saturated rings. The summed E-state index contributed by atoms with van der Waals surface area (Å²) in [5.74, 6) is -1.12. The molecule has 14 unspecified atom stereocenters. The lowest BCUT2D eigenvalue weighted by molar-refractivity contribution is -0.326. The van der Waals surface area contributed by atoms with E-state index in [1.54, 1.807) is 55.4 Å². The van der Waals surface area contributed by atoms with Crippen LogP contribution in [0.1, 0.15) is 81.6 Å². The van der Waals surface area contributed by atoms with E-state index in [0.29, 0.717) is 6.42 Å². The van der Waals surface area contributed by atoms with Crippen LogP contribution in [0.25, 0.3) is 0 Å². The zero-order valence-electron chi connectivity index (χ0n) is 28.4. The average Bonchev–Trinajstić information content (AvgIpc) is 2.91. The standard InChI is InChI=1S/C31H56N2O13/c1-10-19-18(35)12-17(33-29(40)46-31(7,8)9)26(41-19)44-25-16(32-28(39)45-30(4,5)6)11-14(2)24(23(25)38)43-27-22(37)15(3)21(36)20(13-34)42-27/h14-27,34-38H,10-13H2,1-9H3,(H,32,39)(H,33,40). The minimum absolute atomic E-state index is 0.0661. The predicted molar refractivity (Wildman–Crippen MR) is 162 cm³/mol. The molecule has 0 aromatic carbocycles. The minimum atomic E-state index is -1.44. The monoisotopic (exact) mass is 664 g/mol. The second-order valence-electron chi connectivity index (χ2n) is 14.7. The van der Waals surface area contributed by atoms with Gasteiger partial charge in [-0.15, -0.1) is 0 Å². The van der Waals surface area contributed by atoms with Crippen molar-refractivity contribution in [3.05, 3.63) is 0 Å². The Morgan fingerprint density at radius 3 is 1.78 bits per heavy atom. The van der Waals surface area contributed by atoms with Crippen LogP contribution in [-0.2, 0) is 28.4 Å². The van der Waals surface area contributed by atoms with E-state index in [2.05, 4.69) is 10.6 Å². The molecule has 1 aliphatic carbocycles. The van der Waals surface area contributed by atoms with Crippen molar-refractivity contribution in [3.63, 3.8) is 0 Å². The molecule has 2 heterocycles. The van der Waals surface area contributed by atoms with Gasteiger partial charge in [-0.1, -0.05) is 20.8 Å². The maximum atomic E-state index is 12.9. The second-order valence-corrected chi connectivity index (χ2v) is 14.7. The highest BCUT2D eigenvalue weighted by Crippen LogP contribution is 2.36. The first kappa shape index (κ1) is 38.6. The third-order valence-corrected chi connectivity index (χ3v) is 8.43. The Kier molecular flexibility index (Phi) is 13.1. The van der Waals surface area contributed by atoms with Gasteiger partial charge in [-0.2, -0.15) is 0 Å². The fraction of sp³-hybridized carbons (Fsp3) is 0.935. The van der Waals surface area contributed by atoms with Crippen molar-refractivity contribution in [2.24, 2.45) is 11.8 Å². The molecule has 0 aromatic rings. The summed E-state index contributed by atoms with van der Waals surface area (Å²) in [6.07, 6.45) is -11.8. The molecular weight excluding hydrogens is 608 g/mol. The Bertz CT molecular complexity index is 1000. The van der Waals surface area contributed by atoms with Gasteiger partial charge >= 0.3 is 12.2 Å². The van der Waals surface area contributed by atoms with Crippen molar-refractivity contribution in [1.82, 2.24) is 10.6 Å². The van der Waals surface area contributed by atoms with E-state index in [9.17, 15) is 35.1 Å². The van der Waals surface area contributed by atoms with E-state index < -0.39 is 115 Å². The number of aliphatic hydroxyl groups excluding tert-OH is 5. The second kappa shape index (κ2) is 15.6. The first-order valence-corrected chi connectivity index (χ1v) is 16.2. The summed E-state index contributed by atoms with van der Waals surface area (Å²) < 4.78 is 35.2. The van der Waals surface area contributed by atoms with Crippen molar-refractivity contribution < 1.29 is 63.5 Å². The number of hydrogen-bond acceptors (Lipinski definition) is 13. The Morgan fingerprint density at radius 2 is 1.26 bits per heavy atom. The molecule has 0 bridgehead atoms. The molecule has 46 heavy (non-hydrogen) atoms. The number of alkyl carbamates (subject to hydrolysis) is 2. The van der Waals surface area contributed by atoms with E-state index in [-0.39, 0.29) is 12.8 Å². The van der Waals surface area contributed by atoms with E-state index in [1.807, 2.05) is 6.92 Å². The Hall–Kier alpha value is -1.82. The lowest BCUT2D eigenvalue weighted by Crippen LogP contribution is -2.65. The van der Waals surface area contributed by atoms with Gasteiger partial charge in [-0.25, -0.2) is 9.59 Å². The Labute approximate surface area is 271 Å². The normalized spacial score (nSPS) is 40.6. The molecular formula is C31H56N2O13. The summed E-state index contributed by atoms with van der Waals surface area (Å²) in [7, 11) is 0. The van der Waals surface area contributed by atoms with E-state index in [1.165, 1.54) is 0 Å². The number of rotatable bonds is 8. The number of ether oxygens (including phenoxy) is 6. The number of carbonyl (C=O) groups excluding carboxylic acids is 2. The number of amides is 2. The van der Waals surface area contributed by atoms with Crippen molar-refractivity contribution in [2.75, 3.05) is 6.61 Å². The summed E-state index contributed by atoms with van der Waals surface area (Å²) in [5.41, 5.74) is -1.60. The lowest BCUT2D eigenvalue weighted by Gasteiger charge is -2.49. The maximum absolute atomic E-state index is 12.9. The molecule has 15 heteroatoms. The molecule has 2 saturated heterocycles. The summed E-state index contributed by atoms with van der Waals surface area (Å²) in [6.45, 7) is 15.0. The number of nitrogens with one attached hydrogen (secondary N) is 2. The van der Waals surface area contributed by atoms with Crippen LogP contribution in [0.4, 0.5) is 9.59 Å². The van der Waals surface area contributed by atoms with Gasteiger partial charge in [0, 0.05) is 12.3 Å². The molecule has 2 aliphatic heterocycles. The van der Waals surface area contributed by atoms with Crippen molar-refractivity contribution in [2.45, 2.75) is 166 Å². The highest BCUT2D eigenvalue weighted by Gasteiger charge is 2.51. The van der Waals surface area contributed by atoms with Gasteiger partial charge in [0.2, 0.25) is 0 Å². The quantitative estimate of drug-likeness (QED) is 0.192. The zero-order chi connectivity index (χ0) is 34.7. The van der Waals surface area contributed by atoms with Gasteiger partial charge in [0.25, 0.3) is 0 Å². The van der Waals surface area contributed by atoms with Gasteiger partial charge in [-0.05, 0) is 60.3 Å². The van der Waals surface area contributed by atoms with Gasteiger partial charge < -0.3 is 64.6 Å². The van der Waals surface area contributed by atoms with Gasteiger partial charge in [0.1, 0.15) is 35.6 Å². The van der Waals surface area contributed by atoms with E-state index in [0.717, 1.165) is 0 Å². The molecule has 1 saturated carbocycles. The largest absolute Gasteiger partial charge is 0.444 e. The SMILES string of the molecule is CCC1OC(OC2C(NC(=O)OC(C)(C)C)CC(C)C(OC3OC(CO)C(O)C(C)C3O)C2O)C(NC(=O)OC(C)(C)C)CC1O. The first-order valence-electron chi connectivity index (χ1n) is 16.2. The van der Waals surface area contributed by atoms with Crippen LogP contribution in [0, 0.1) is 11.8 Å². The molecule has 7 N–H and O–H groups in total. The van der Waals surface area contributed by atoms with Crippen LogP contribution < -0.4 is 10.6 Å². The third-order valence-electron chi connectivity index (χ3n) is 8.43. The molecule has 14 atom stereocenters. The predicted octanol–water partition coefficient (Wildman–Crippen LogP) is 0.905. The zero-order valence-corrected chi connectivity index (χ0v) is 28.4. The van der Waals surface area contributed by atoms with Gasteiger partial charge in [-0.3, -0.25) is 0 Å². The van der Waals surface area contributed by atoms with Crippen LogP contribution >= 0.6 is 0 Å². The number of hydrogen-bond donors (Lipinski definition) is 7. The molecule has 0 aromatic heterocycles. The molecule has 0 spiro atoms. The first-order chi connectivity index (χ1) is 21.2. The van der Waals surface area contributed by atoms with Crippen LogP contribution in [-0.4, -0.2) is 129 Å².